The van der Waals surface area contributed by atoms with Gasteiger partial charge in [-0.15, -0.1) is 0 Å². The molecule has 1 heteroatoms. The van der Waals surface area contributed by atoms with Crippen molar-refractivity contribution < 1.29 is 0 Å². The van der Waals surface area contributed by atoms with Crippen molar-refractivity contribution in [3.8, 4) is 0 Å². The third-order valence-corrected chi connectivity index (χ3v) is 3.54. The number of hydrogen-bond donors (Lipinski definition) is 0. The number of hydrogen-bond acceptors (Lipinski definition) is 1. The monoisotopic (exact) mass is 181 g/mol. The minimum absolute atomic E-state index is 0.214. The summed E-state index contributed by atoms with van der Waals surface area (Å²) in [6, 6.07) is 0. The van der Waals surface area contributed by atoms with Crippen molar-refractivity contribution in [3.05, 3.63) is 12.3 Å². The van der Waals surface area contributed by atoms with Gasteiger partial charge in [0.2, 0.25) is 0 Å². The second-order valence-corrected chi connectivity index (χ2v) is 6.14. The van der Waals surface area contributed by atoms with E-state index >= 15 is 0 Å². The second kappa shape index (κ2) is 2.52. The molecule has 0 radical (unpaired) electrons. The Labute approximate surface area is 82.8 Å². The van der Waals surface area contributed by atoms with Gasteiger partial charge in [0.1, 0.15) is 0 Å². The summed E-state index contributed by atoms with van der Waals surface area (Å²) >= 11 is 0. The lowest BCUT2D eigenvalue weighted by Gasteiger charge is -2.49. The smallest absolute Gasteiger partial charge is 0.0431 e. The summed E-state index contributed by atoms with van der Waals surface area (Å²) in [5, 5.41) is 0. The topological polar surface area (TPSA) is 3.24 Å². The zero-order valence-electron chi connectivity index (χ0n) is 10.1. The quantitative estimate of drug-likeness (QED) is 0.553. The maximum Gasteiger partial charge on any atom is 0.0431 e. The Morgan fingerprint density at radius 2 is 1.46 bits per heavy atom. The summed E-state index contributed by atoms with van der Waals surface area (Å²) in [4.78, 5) is 2.46. The molecule has 0 N–H and O–H groups in total. The lowest BCUT2D eigenvalue weighted by molar-refractivity contribution is 0.0388. The molecule has 13 heavy (non-hydrogen) atoms. The van der Waals surface area contributed by atoms with Crippen LogP contribution in [0.4, 0.5) is 0 Å². The Bertz CT molecular complexity index is 228. The Kier molecular flexibility index (Phi) is 2.06. The van der Waals surface area contributed by atoms with Crippen LogP contribution in [0.3, 0.4) is 0 Å². The van der Waals surface area contributed by atoms with E-state index in [4.69, 9.17) is 0 Å². The van der Waals surface area contributed by atoms with Crippen molar-refractivity contribution in [3.63, 3.8) is 0 Å². The predicted octanol–water partition coefficient (Wildman–Crippen LogP) is 3.42. The zero-order chi connectivity index (χ0) is 10.5. The van der Waals surface area contributed by atoms with E-state index in [0.29, 0.717) is 0 Å². The van der Waals surface area contributed by atoms with Crippen molar-refractivity contribution >= 4 is 0 Å². The van der Waals surface area contributed by atoms with E-state index in [9.17, 15) is 0 Å². The highest BCUT2D eigenvalue weighted by atomic mass is 15.3. The minimum atomic E-state index is 0.214. The maximum absolute atomic E-state index is 2.46. The summed E-state index contributed by atoms with van der Waals surface area (Å²) in [5.74, 6) is 0. The molecule has 0 fully saturated rings. The summed E-state index contributed by atoms with van der Waals surface area (Å²) in [6.45, 7) is 16.0. The molecule has 1 aliphatic heterocycles. The SMILES string of the molecule is CC(C)(C)N1C=CC(C)(C)C1(C)C. The Hall–Kier alpha value is -0.460. The predicted molar refractivity (Wildman–Crippen MR) is 58.6 cm³/mol. The van der Waals surface area contributed by atoms with E-state index in [2.05, 4.69) is 65.6 Å². The molecule has 0 unspecified atom stereocenters. The molecule has 0 aliphatic carbocycles. The van der Waals surface area contributed by atoms with Crippen molar-refractivity contribution in [2.75, 3.05) is 0 Å². The van der Waals surface area contributed by atoms with Gasteiger partial charge in [0.15, 0.2) is 0 Å². The zero-order valence-corrected chi connectivity index (χ0v) is 10.1. The first-order valence-corrected chi connectivity index (χ1v) is 5.08. The van der Waals surface area contributed by atoms with Crippen LogP contribution in [-0.4, -0.2) is 16.0 Å². The average Bonchev–Trinajstić information content (AvgIpc) is 2.00. The van der Waals surface area contributed by atoms with Crippen LogP contribution in [0.1, 0.15) is 48.5 Å². The van der Waals surface area contributed by atoms with Gasteiger partial charge in [-0.3, -0.25) is 0 Å². The van der Waals surface area contributed by atoms with Gasteiger partial charge in [0.25, 0.3) is 0 Å². The van der Waals surface area contributed by atoms with Gasteiger partial charge in [-0.2, -0.15) is 0 Å². The van der Waals surface area contributed by atoms with Crippen LogP contribution in [0.5, 0.6) is 0 Å². The molecule has 76 valence electrons. The maximum atomic E-state index is 2.46. The van der Waals surface area contributed by atoms with Gasteiger partial charge >= 0.3 is 0 Å². The van der Waals surface area contributed by atoms with Crippen LogP contribution < -0.4 is 0 Å². The largest absolute Gasteiger partial charge is 0.367 e. The molecule has 0 saturated carbocycles. The van der Waals surface area contributed by atoms with E-state index in [0.717, 1.165) is 0 Å². The summed E-state index contributed by atoms with van der Waals surface area (Å²) in [6.07, 6.45) is 4.57. The van der Waals surface area contributed by atoms with Gasteiger partial charge in [-0.05, 0) is 40.8 Å². The van der Waals surface area contributed by atoms with Gasteiger partial charge in [-0.1, -0.05) is 19.9 Å². The average molecular weight is 181 g/mol. The third kappa shape index (κ3) is 1.49. The first-order valence-electron chi connectivity index (χ1n) is 5.08. The summed E-state index contributed by atoms with van der Waals surface area (Å²) in [5.41, 5.74) is 0.694. The highest BCUT2D eigenvalue weighted by Crippen LogP contribution is 2.45. The van der Waals surface area contributed by atoms with Crippen LogP contribution in [0.15, 0.2) is 12.3 Å². The molecule has 0 bridgehead atoms. The molecule has 0 aromatic rings. The minimum Gasteiger partial charge on any atom is -0.367 e. The van der Waals surface area contributed by atoms with Crippen LogP contribution in [0, 0.1) is 5.41 Å². The molecule has 0 saturated heterocycles. The Morgan fingerprint density at radius 1 is 1.00 bits per heavy atom. The first-order chi connectivity index (χ1) is 5.59. The van der Waals surface area contributed by atoms with Crippen LogP contribution in [-0.2, 0) is 0 Å². The van der Waals surface area contributed by atoms with Gasteiger partial charge in [0, 0.05) is 16.5 Å². The fourth-order valence-corrected chi connectivity index (χ4v) is 2.02. The standard InChI is InChI=1S/C12H23N/c1-10(2,3)13-9-8-11(4,5)12(13,6)7/h8-9H,1-7H3. The second-order valence-electron chi connectivity index (χ2n) is 6.14. The molecule has 0 aromatic carbocycles. The number of rotatable bonds is 0. The van der Waals surface area contributed by atoms with E-state index < -0.39 is 0 Å². The van der Waals surface area contributed by atoms with Crippen molar-refractivity contribution in [1.29, 1.82) is 0 Å². The van der Waals surface area contributed by atoms with E-state index in [1.165, 1.54) is 0 Å². The van der Waals surface area contributed by atoms with Crippen molar-refractivity contribution in [1.82, 2.24) is 4.90 Å². The third-order valence-electron chi connectivity index (χ3n) is 3.54. The van der Waals surface area contributed by atoms with E-state index in [-0.39, 0.29) is 16.5 Å². The summed E-state index contributed by atoms with van der Waals surface area (Å²) < 4.78 is 0. The lowest BCUT2D eigenvalue weighted by atomic mass is 9.75. The lowest BCUT2D eigenvalue weighted by Crippen LogP contribution is -2.54. The molecular formula is C12H23N. The molecule has 0 aromatic heterocycles. The molecular weight excluding hydrogens is 158 g/mol. The highest BCUT2D eigenvalue weighted by molar-refractivity contribution is 5.18. The molecule has 1 aliphatic rings. The van der Waals surface area contributed by atoms with Gasteiger partial charge in [0.05, 0.1) is 0 Å². The van der Waals surface area contributed by atoms with Gasteiger partial charge < -0.3 is 4.90 Å². The molecule has 0 amide bonds. The van der Waals surface area contributed by atoms with Crippen LogP contribution in [0.25, 0.3) is 0 Å². The van der Waals surface area contributed by atoms with Crippen LogP contribution in [0.2, 0.25) is 0 Å². The Balaban J connectivity index is 3.03. The fourth-order valence-electron chi connectivity index (χ4n) is 2.02. The van der Waals surface area contributed by atoms with Gasteiger partial charge in [-0.25, -0.2) is 0 Å². The fraction of sp³-hybridized carbons (Fsp3) is 0.833. The molecule has 0 spiro atoms. The number of nitrogens with zero attached hydrogens (tertiary/aromatic N) is 1. The molecule has 1 nitrogen and oxygen atoms in total. The summed E-state index contributed by atoms with van der Waals surface area (Å²) in [7, 11) is 0. The van der Waals surface area contributed by atoms with Crippen LogP contribution >= 0.6 is 0 Å². The molecule has 0 atom stereocenters. The Morgan fingerprint density at radius 3 is 1.62 bits per heavy atom. The molecule has 1 rings (SSSR count). The molecule has 1 heterocycles. The van der Waals surface area contributed by atoms with E-state index in [1.807, 2.05) is 0 Å². The van der Waals surface area contributed by atoms with Crippen molar-refractivity contribution in [2.45, 2.75) is 59.5 Å². The van der Waals surface area contributed by atoms with Crippen molar-refractivity contribution in [2.24, 2.45) is 5.41 Å². The normalized spacial score (nSPS) is 25.3. The van der Waals surface area contributed by atoms with E-state index in [1.54, 1.807) is 0 Å². The first kappa shape index (κ1) is 10.6. The highest BCUT2D eigenvalue weighted by Gasteiger charge is 2.46.